The molecular weight excluding hydrogens is 339 g/mol. The molecule has 2 aromatic carbocycles. The molecule has 1 aromatic heterocycles. The van der Waals surface area contributed by atoms with Crippen LogP contribution in [0.3, 0.4) is 0 Å². The summed E-state index contributed by atoms with van der Waals surface area (Å²) in [6.45, 7) is 0. The molecule has 0 aliphatic heterocycles. The molecular formula is C15H10Cl2N4O2. The fourth-order valence-electron chi connectivity index (χ4n) is 1.78. The highest BCUT2D eigenvalue weighted by Crippen LogP contribution is 2.22. The minimum Gasteiger partial charge on any atom is -0.403 e. The minimum absolute atomic E-state index is 0.0126. The first-order valence-corrected chi connectivity index (χ1v) is 7.29. The summed E-state index contributed by atoms with van der Waals surface area (Å²) in [7, 11) is 0. The Balaban J connectivity index is 1.65. The molecule has 1 heterocycles. The summed E-state index contributed by atoms with van der Waals surface area (Å²) < 4.78 is 5.38. The van der Waals surface area contributed by atoms with Gasteiger partial charge >= 0.3 is 12.0 Å². The molecule has 2 N–H and O–H groups in total. The molecule has 0 unspecified atom stereocenters. The molecule has 116 valence electrons. The number of benzene rings is 2. The molecule has 0 saturated heterocycles. The van der Waals surface area contributed by atoms with Crippen LogP contribution in [0.5, 0.6) is 0 Å². The SMILES string of the molecule is O=C(Nc1ccc(Cl)cc1)Nc1nnc(-c2ccc(Cl)cc2)o1. The van der Waals surface area contributed by atoms with Crippen molar-refractivity contribution in [1.29, 1.82) is 0 Å². The van der Waals surface area contributed by atoms with E-state index in [0.29, 0.717) is 21.3 Å². The molecule has 23 heavy (non-hydrogen) atoms. The molecule has 3 rings (SSSR count). The predicted octanol–water partition coefficient (Wildman–Crippen LogP) is 4.69. The van der Waals surface area contributed by atoms with Gasteiger partial charge in [0, 0.05) is 21.3 Å². The molecule has 0 radical (unpaired) electrons. The number of aromatic nitrogens is 2. The maximum atomic E-state index is 11.9. The van der Waals surface area contributed by atoms with E-state index in [1.54, 1.807) is 48.5 Å². The molecule has 3 aromatic rings. The number of hydrogen-bond donors (Lipinski definition) is 2. The number of carbonyl (C=O) groups is 1. The topological polar surface area (TPSA) is 80.0 Å². The lowest BCUT2D eigenvalue weighted by Gasteiger charge is -2.04. The maximum Gasteiger partial charge on any atom is 0.327 e. The zero-order chi connectivity index (χ0) is 16.2. The number of nitrogens with one attached hydrogen (secondary N) is 2. The Bertz CT molecular complexity index is 816. The first-order valence-electron chi connectivity index (χ1n) is 6.53. The zero-order valence-electron chi connectivity index (χ0n) is 11.6. The monoisotopic (exact) mass is 348 g/mol. The second-order valence-electron chi connectivity index (χ2n) is 4.51. The Hall–Kier alpha value is -2.57. The molecule has 0 atom stereocenters. The van der Waals surface area contributed by atoms with Crippen LogP contribution in [0.15, 0.2) is 52.9 Å². The number of carbonyl (C=O) groups excluding carboxylic acids is 1. The van der Waals surface area contributed by atoms with Gasteiger partial charge in [-0.15, -0.1) is 5.10 Å². The second-order valence-corrected chi connectivity index (χ2v) is 5.38. The third-order valence-corrected chi connectivity index (χ3v) is 3.34. The number of rotatable bonds is 3. The third-order valence-electron chi connectivity index (χ3n) is 2.84. The number of halogens is 2. The number of anilines is 2. The summed E-state index contributed by atoms with van der Waals surface area (Å²) >= 11 is 11.6. The van der Waals surface area contributed by atoms with Crippen LogP contribution >= 0.6 is 23.2 Å². The summed E-state index contributed by atoms with van der Waals surface area (Å²) in [5.41, 5.74) is 1.29. The average molecular weight is 349 g/mol. The van der Waals surface area contributed by atoms with E-state index < -0.39 is 6.03 Å². The number of hydrogen-bond acceptors (Lipinski definition) is 4. The lowest BCUT2D eigenvalue weighted by atomic mass is 10.2. The Morgan fingerprint density at radius 3 is 2.13 bits per heavy atom. The van der Waals surface area contributed by atoms with E-state index in [1.165, 1.54) is 0 Å². The highest BCUT2D eigenvalue weighted by atomic mass is 35.5. The maximum absolute atomic E-state index is 11.9. The molecule has 0 saturated carbocycles. The van der Waals surface area contributed by atoms with Crippen LogP contribution in [0.1, 0.15) is 0 Å². The van der Waals surface area contributed by atoms with Crippen molar-refractivity contribution in [3.63, 3.8) is 0 Å². The van der Waals surface area contributed by atoms with Gasteiger partial charge in [0.25, 0.3) is 0 Å². The molecule has 6 nitrogen and oxygen atoms in total. The fourth-order valence-corrected chi connectivity index (χ4v) is 2.03. The lowest BCUT2D eigenvalue weighted by Crippen LogP contribution is -2.19. The quantitative estimate of drug-likeness (QED) is 0.719. The van der Waals surface area contributed by atoms with Crippen LogP contribution in [0, 0.1) is 0 Å². The van der Waals surface area contributed by atoms with E-state index in [1.807, 2.05) is 0 Å². The van der Waals surface area contributed by atoms with Gasteiger partial charge in [-0.05, 0) is 48.5 Å². The van der Waals surface area contributed by atoms with E-state index in [4.69, 9.17) is 27.6 Å². The minimum atomic E-state index is -0.501. The van der Waals surface area contributed by atoms with E-state index in [2.05, 4.69) is 20.8 Å². The number of urea groups is 1. The van der Waals surface area contributed by atoms with Crippen molar-refractivity contribution in [3.8, 4) is 11.5 Å². The average Bonchev–Trinajstić information content (AvgIpc) is 2.98. The summed E-state index contributed by atoms with van der Waals surface area (Å²) in [4.78, 5) is 11.9. The molecule has 0 bridgehead atoms. The number of amides is 2. The first-order chi connectivity index (χ1) is 11.1. The van der Waals surface area contributed by atoms with Crippen LogP contribution in [0.2, 0.25) is 10.0 Å². The normalized spacial score (nSPS) is 10.3. The van der Waals surface area contributed by atoms with Gasteiger partial charge in [-0.1, -0.05) is 28.3 Å². The smallest absolute Gasteiger partial charge is 0.327 e. The van der Waals surface area contributed by atoms with E-state index in [9.17, 15) is 4.79 Å². The van der Waals surface area contributed by atoms with Gasteiger partial charge < -0.3 is 9.73 Å². The fraction of sp³-hybridized carbons (Fsp3) is 0. The van der Waals surface area contributed by atoms with Gasteiger partial charge in [0.05, 0.1) is 0 Å². The van der Waals surface area contributed by atoms with Crippen molar-refractivity contribution < 1.29 is 9.21 Å². The first kappa shape index (κ1) is 15.3. The summed E-state index contributed by atoms with van der Waals surface area (Å²) in [5, 5.41) is 13.9. The van der Waals surface area contributed by atoms with Gasteiger partial charge in [0.1, 0.15) is 0 Å². The summed E-state index contributed by atoms with van der Waals surface area (Å²) in [6, 6.07) is 13.1. The van der Waals surface area contributed by atoms with Gasteiger partial charge in [0.15, 0.2) is 0 Å². The molecule has 0 aliphatic carbocycles. The Morgan fingerprint density at radius 1 is 0.870 bits per heavy atom. The molecule has 2 amide bonds. The van der Waals surface area contributed by atoms with Gasteiger partial charge in [0.2, 0.25) is 5.89 Å². The molecule has 0 aliphatic rings. The Labute approximate surface area is 141 Å². The largest absolute Gasteiger partial charge is 0.403 e. The standard InChI is InChI=1S/C15H10Cl2N4O2/c16-10-3-1-9(2-4-10)13-20-21-15(23-13)19-14(22)18-12-7-5-11(17)6-8-12/h1-8H,(H2,18,19,21,22). The van der Waals surface area contributed by atoms with Crippen molar-refractivity contribution in [2.24, 2.45) is 0 Å². The van der Waals surface area contributed by atoms with Crippen LogP contribution in [0.25, 0.3) is 11.5 Å². The predicted molar refractivity (Wildman–Crippen MR) is 88.8 cm³/mol. The number of nitrogens with zero attached hydrogens (tertiary/aromatic N) is 2. The summed E-state index contributed by atoms with van der Waals surface area (Å²) in [5.74, 6) is 0.281. The molecule has 0 spiro atoms. The second kappa shape index (κ2) is 6.68. The van der Waals surface area contributed by atoms with Crippen LogP contribution in [-0.2, 0) is 0 Å². The van der Waals surface area contributed by atoms with Crippen molar-refractivity contribution in [3.05, 3.63) is 58.6 Å². The molecule has 8 heteroatoms. The van der Waals surface area contributed by atoms with Crippen molar-refractivity contribution in [2.45, 2.75) is 0 Å². The molecule has 0 fully saturated rings. The van der Waals surface area contributed by atoms with E-state index in [-0.39, 0.29) is 11.9 Å². The Kier molecular flexibility index (Phi) is 4.45. The Morgan fingerprint density at radius 2 is 1.48 bits per heavy atom. The van der Waals surface area contributed by atoms with Crippen molar-refractivity contribution in [1.82, 2.24) is 10.2 Å². The highest BCUT2D eigenvalue weighted by molar-refractivity contribution is 6.30. The lowest BCUT2D eigenvalue weighted by molar-refractivity contribution is 0.261. The van der Waals surface area contributed by atoms with Crippen LogP contribution in [0.4, 0.5) is 16.5 Å². The van der Waals surface area contributed by atoms with Crippen LogP contribution in [-0.4, -0.2) is 16.2 Å². The van der Waals surface area contributed by atoms with Crippen LogP contribution < -0.4 is 10.6 Å². The van der Waals surface area contributed by atoms with E-state index in [0.717, 1.165) is 0 Å². The zero-order valence-corrected chi connectivity index (χ0v) is 13.1. The van der Waals surface area contributed by atoms with Crippen molar-refractivity contribution in [2.75, 3.05) is 10.6 Å². The van der Waals surface area contributed by atoms with Gasteiger partial charge in [-0.25, -0.2) is 4.79 Å². The van der Waals surface area contributed by atoms with Crippen molar-refractivity contribution >= 4 is 40.9 Å². The van der Waals surface area contributed by atoms with Gasteiger partial charge in [-0.2, -0.15) is 0 Å². The van der Waals surface area contributed by atoms with Gasteiger partial charge in [-0.3, -0.25) is 5.32 Å². The highest BCUT2D eigenvalue weighted by Gasteiger charge is 2.11. The third kappa shape index (κ3) is 4.00. The summed E-state index contributed by atoms with van der Waals surface area (Å²) in [6.07, 6.45) is 0. The van der Waals surface area contributed by atoms with E-state index >= 15 is 0 Å².